The molecule has 7 heteroatoms. The first-order valence-electron chi connectivity index (χ1n) is 9.64. The molecular weight excluding hydrogens is 489 g/mol. The van der Waals surface area contributed by atoms with Gasteiger partial charge in [-0.15, -0.1) is 0 Å². The van der Waals surface area contributed by atoms with Gasteiger partial charge in [0.25, 0.3) is 0 Å². The Kier molecular flexibility index (Phi) is 15.2. The molecule has 0 amide bonds. The van der Waals surface area contributed by atoms with Gasteiger partial charge in [-0.1, -0.05) is 91.0 Å². The third kappa shape index (κ3) is 9.53. The van der Waals surface area contributed by atoms with Crippen LogP contribution in [0.1, 0.15) is 16.7 Å². The number of hydrogen-bond acceptors (Lipinski definition) is 3. The van der Waals surface area contributed by atoms with Gasteiger partial charge in [-0.05, 0) is 16.7 Å². The van der Waals surface area contributed by atoms with Crippen LogP contribution in [0.25, 0.3) is 0 Å². The molecule has 0 aliphatic carbocycles. The molecule has 1 aliphatic rings. The summed E-state index contributed by atoms with van der Waals surface area (Å²) >= 11 is 0. The molecule has 1 fully saturated rings. The monoisotopic (exact) mass is 514 g/mol. The zero-order valence-electron chi connectivity index (χ0n) is 17.3. The Hall–Kier alpha value is -1.06. The first kappa shape index (κ1) is 29.9. The first-order chi connectivity index (χ1) is 13.3. The number of benzene rings is 3. The van der Waals surface area contributed by atoms with Gasteiger partial charge >= 0.3 is 17.4 Å². The third-order valence-electron chi connectivity index (χ3n) is 4.95. The van der Waals surface area contributed by atoms with Crippen LogP contribution < -0.4 is 37.2 Å². The average Bonchev–Trinajstić information content (AvgIpc) is 2.70. The summed E-state index contributed by atoms with van der Waals surface area (Å²) in [5.41, 5.74) is 4.12. The van der Waals surface area contributed by atoms with Crippen molar-refractivity contribution >= 4 is 0 Å². The molecular formula is C24H27Cl3CrN3. The predicted molar refractivity (Wildman–Crippen MR) is 111 cm³/mol. The smallest absolute Gasteiger partial charge is 1.00 e. The van der Waals surface area contributed by atoms with Gasteiger partial charge in [-0.2, -0.15) is 0 Å². The molecule has 31 heavy (non-hydrogen) atoms. The Balaban J connectivity index is 0.00000225. The van der Waals surface area contributed by atoms with Crippen molar-refractivity contribution in [2.24, 2.45) is 0 Å². The minimum absolute atomic E-state index is 0. The van der Waals surface area contributed by atoms with Crippen LogP contribution in [-0.4, -0.2) is 34.7 Å². The number of hydrogen-bond donors (Lipinski definition) is 0. The van der Waals surface area contributed by atoms with Gasteiger partial charge < -0.3 is 37.2 Å². The van der Waals surface area contributed by atoms with Crippen LogP contribution >= 0.6 is 0 Å². The zero-order valence-corrected chi connectivity index (χ0v) is 20.8. The van der Waals surface area contributed by atoms with Crippen molar-refractivity contribution in [3.8, 4) is 0 Å². The van der Waals surface area contributed by atoms with E-state index in [0.29, 0.717) is 0 Å². The summed E-state index contributed by atoms with van der Waals surface area (Å²) in [4.78, 5) is 7.60. The fraction of sp³-hybridized carbons (Fsp3) is 0.250. The van der Waals surface area contributed by atoms with Crippen LogP contribution in [0.2, 0.25) is 0 Å². The van der Waals surface area contributed by atoms with E-state index in [1.54, 1.807) is 0 Å². The van der Waals surface area contributed by atoms with Gasteiger partial charge in [0.05, 0.1) is 20.0 Å². The summed E-state index contributed by atoms with van der Waals surface area (Å²) in [6, 6.07) is 32.3. The van der Waals surface area contributed by atoms with E-state index in [0.717, 1.165) is 39.6 Å². The van der Waals surface area contributed by atoms with E-state index < -0.39 is 0 Å². The summed E-state index contributed by atoms with van der Waals surface area (Å²) in [7, 11) is 0. The van der Waals surface area contributed by atoms with E-state index in [-0.39, 0.29) is 54.6 Å². The number of rotatable bonds is 6. The van der Waals surface area contributed by atoms with E-state index >= 15 is 0 Å². The zero-order chi connectivity index (χ0) is 18.3. The number of nitrogens with zero attached hydrogens (tertiary/aromatic N) is 3. The van der Waals surface area contributed by atoms with Gasteiger partial charge in [0, 0.05) is 19.6 Å². The van der Waals surface area contributed by atoms with E-state index in [1.807, 2.05) is 0 Å². The predicted octanol–water partition coefficient (Wildman–Crippen LogP) is -4.61. The van der Waals surface area contributed by atoms with Gasteiger partial charge in [0.2, 0.25) is 0 Å². The summed E-state index contributed by atoms with van der Waals surface area (Å²) < 4.78 is 0. The maximum absolute atomic E-state index is 2.53. The Morgan fingerprint density at radius 1 is 0.419 bits per heavy atom. The molecule has 165 valence electrons. The second-order valence-electron chi connectivity index (χ2n) is 7.37. The van der Waals surface area contributed by atoms with Crippen LogP contribution in [-0.2, 0) is 37.0 Å². The minimum atomic E-state index is 0. The summed E-state index contributed by atoms with van der Waals surface area (Å²) in [6.07, 6.45) is 0. The van der Waals surface area contributed by atoms with Crippen molar-refractivity contribution in [1.82, 2.24) is 14.7 Å². The molecule has 3 nitrogen and oxygen atoms in total. The van der Waals surface area contributed by atoms with Crippen molar-refractivity contribution in [3.05, 3.63) is 108 Å². The van der Waals surface area contributed by atoms with Gasteiger partial charge in [0.1, 0.15) is 0 Å². The molecule has 3 aromatic carbocycles. The van der Waals surface area contributed by atoms with Crippen LogP contribution in [0, 0.1) is 0 Å². The fourth-order valence-electron chi connectivity index (χ4n) is 3.81. The second-order valence-corrected chi connectivity index (χ2v) is 7.37. The van der Waals surface area contributed by atoms with Gasteiger partial charge in [-0.25, -0.2) is 0 Å². The SMILES string of the molecule is [Cl-].[Cl-].[Cl-].[Cr+3].c1ccc(CN2CN(Cc3ccccc3)CN(Cc3ccccc3)C2)cc1. The molecule has 0 bridgehead atoms. The van der Waals surface area contributed by atoms with E-state index in [4.69, 9.17) is 0 Å². The van der Waals surface area contributed by atoms with E-state index in [1.165, 1.54) is 16.7 Å². The largest absolute Gasteiger partial charge is 3.00 e. The molecule has 0 saturated carbocycles. The Bertz CT molecular complexity index is 706. The van der Waals surface area contributed by atoms with Crippen molar-refractivity contribution in [2.45, 2.75) is 19.6 Å². The Morgan fingerprint density at radius 2 is 0.645 bits per heavy atom. The van der Waals surface area contributed by atoms with E-state index in [2.05, 4.69) is 106 Å². The first-order valence-corrected chi connectivity index (χ1v) is 9.64. The van der Waals surface area contributed by atoms with Crippen molar-refractivity contribution in [3.63, 3.8) is 0 Å². The molecule has 0 aromatic heterocycles. The molecule has 1 heterocycles. The fourth-order valence-corrected chi connectivity index (χ4v) is 3.81. The van der Waals surface area contributed by atoms with Crippen molar-refractivity contribution in [1.29, 1.82) is 0 Å². The topological polar surface area (TPSA) is 9.72 Å². The van der Waals surface area contributed by atoms with Crippen LogP contribution in [0.3, 0.4) is 0 Å². The van der Waals surface area contributed by atoms with Crippen molar-refractivity contribution in [2.75, 3.05) is 20.0 Å². The molecule has 1 radical (unpaired) electrons. The standard InChI is InChI=1S/C24H27N3.3ClH.Cr/c1-4-10-22(11-5-1)16-25-19-26(17-23-12-6-2-7-13-23)21-27(20-25)18-24-14-8-3-9-15-24;;;;/h1-15H,16-21H2;3*1H;/q;;;;+3/p-3. The summed E-state index contributed by atoms with van der Waals surface area (Å²) in [6.45, 7) is 5.94. The molecule has 3 aromatic rings. The van der Waals surface area contributed by atoms with Crippen LogP contribution in [0.4, 0.5) is 0 Å². The molecule has 1 saturated heterocycles. The average molecular weight is 516 g/mol. The molecule has 4 rings (SSSR count). The Morgan fingerprint density at radius 3 is 0.871 bits per heavy atom. The minimum Gasteiger partial charge on any atom is -1.00 e. The molecule has 0 atom stereocenters. The van der Waals surface area contributed by atoms with E-state index in [9.17, 15) is 0 Å². The van der Waals surface area contributed by atoms with Crippen LogP contribution in [0.5, 0.6) is 0 Å². The third-order valence-corrected chi connectivity index (χ3v) is 4.95. The molecule has 0 spiro atoms. The molecule has 0 N–H and O–H groups in total. The summed E-state index contributed by atoms with van der Waals surface area (Å²) in [5, 5.41) is 0. The van der Waals surface area contributed by atoms with Gasteiger partial charge in [0.15, 0.2) is 0 Å². The second kappa shape index (κ2) is 15.7. The normalized spacial score (nSPS) is 14.3. The quantitative estimate of drug-likeness (QED) is 0.327. The summed E-state index contributed by atoms with van der Waals surface area (Å²) in [5.74, 6) is 0. The molecule has 1 aliphatic heterocycles. The number of halogens is 3. The van der Waals surface area contributed by atoms with Crippen molar-refractivity contribution < 1.29 is 54.6 Å². The molecule has 0 unspecified atom stereocenters. The maximum atomic E-state index is 2.53. The van der Waals surface area contributed by atoms with Crippen LogP contribution in [0.15, 0.2) is 91.0 Å². The maximum Gasteiger partial charge on any atom is 3.00 e. The van der Waals surface area contributed by atoms with Gasteiger partial charge in [-0.3, -0.25) is 14.7 Å². The Labute approximate surface area is 215 Å².